The largest absolute Gasteiger partial charge is 0.493 e. The zero-order valence-corrected chi connectivity index (χ0v) is 24.4. The van der Waals surface area contributed by atoms with Crippen molar-refractivity contribution in [2.75, 3.05) is 48.6 Å². The number of rotatable bonds is 13. The molecule has 210 valence electrons. The normalized spacial score (nSPS) is 18.7. The first-order chi connectivity index (χ1) is 18.2. The molecule has 0 aromatic heterocycles. The van der Waals surface area contributed by atoms with Gasteiger partial charge in [-0.05, 0) is 86.1 Å². The Morgan fingerprint density at radius 2 is 1.58 bits per heavy atom. The summed E-state index contributed by atoms with van der Waals surface area (Å²) < 4.78 is 28.2. The maximum Gasteiger partial charge on any atom is 0.303 e. The highest BCUT2D eigenvalue weighted by molar-refractivity contribution is 5.67. The number of aryl methyl sites for hydroxylation is 2. The fourth-order valence-corrected chi connectivity index (χ4v) is 6.01. The van der Waals surface area contributed by atoms with E-state index in [1.807, 2.05) is 12.1 Å². The third-order valence-electron chi connectivity index (χ3n) is 7.75. The molecule has 0 N–H and O–H groups in total. The van der Waals surface area contributed by atoms with Crippen LogP contribution in [0.4, 0.5) is 0 Å². The molecule has 2 aromatic carbocycles. The molecule has 2 aromatic rings. The zero-order chi connectivity index (χ0) is 27.9. The molecule has 2 atom stereocenters. The summed E-state index contributed by atoms with van der Waals surface area (Å²) in [6, 6.07) is 10.3. The Bertz CT molecular complexity index is 1080. The van der Waals surface area contributed by atoms with Crippen LogP contribution in [-0.2, 0) is 22.4 Å². The number of hydrogen-bond acceptors (Lipinski definition) is 7. The second kappa shape index (κ2) is 13.2. The first kappa shape index (κ1) is 29.6. The van der Waals surface area contributed by atoms with E-state index in [1.165, 1.54) is 23.6 Å². The van der Waals surface area contributed by atoms with Crippen LogP contribution in [-0.4, -0.2) is 65.0 Å². The van der Waals surface area contributed by atoms with Crippen LogP contribution in [0.15, 0.2) is 30.3 Å². The second-order valence-corrected chi connectivity index (χ2v) is 10.6. The Labute approximate surface area is 228 Å². The first-order valence-corrected chi connectivity index (χ1v) is 13.5. The molecule has 0 spiro atoms. The predicted octanol–water partition coefficient (Wildman–Crippen LogP) is 5.66. The number of esters is 1. The third-order valence-corrected chi connectivity index (χ3v) is 7.75. The number of nitrogens with zero attached hydrogens (tertiary/aromatic N) is 1. The summed E-state index contributed by atoms with van der Waals surface area (Å²) >= 11 is 0. The monoisotopic (exact) mass is 527 g/mol. The average molecular weight is 528 g/mol. The molecule has 0 unspecified atom stereocenters. The van der Waals surface area contributed by atoms with Crippen LogP contribution >= 0.6 is 0 Å². The van der Waals surface area contributed by atoms with E-state index in [9.17, 15) is 4.79 Å². The molecule has 0 aliphatic heterocycles. The Morgan fingerprint density at radius 3 is 2.18 bits per heavy atom. The van der Waals surface area contributed by atoms with Crippen LogP contribution in [0.2, 0.25) is 0 Å². The fourth-order valence-electron chi connectivity index (χ4n) is 6.01. The Morgan fingerprint density at radius 1 is 0.947 bits per heavy atom. The third kappa shape index (κ3) is 6.73. The van der Waals surface area contributed by atoms with Gasteiger partial charge >= 0.3 is 5.97 Å². The smallest absolute Gasteiger partial charge is 0.303 e. The van der Waals surface area contributed by atoms with E-state index in [0.29, 0.717) is 5.75 Å². The topological polar surface area (TPSA) is 66.5 Å². The van der Waals surface area contributed by atoms with Gasteiger partial charge in [0, 0.05) is 25.8 Å². The van der Waals surface area contributed by atoms with Gasteiger partial charge < -0.3 is 28.6 Å². The first-order valence-electron chi connectivity index (χ1n) is 13.5. The predicted molar refractivity (Wildman–Crippen MR) is 150 cm³/mol. The second-order valence-electron chi connectivity index (χ2n) is 10.6. The van der Waals surface area contributed by atoms with Crippen LogP contribution in [0.3, 0.4) is 0 Å². The number of hydrogen-bond donors (Lipinski definition) is 0. The van der Waals surface area contributed by atoms with Crippen molar-refractivity contribution < 1.29 is 28.5 Å². The van der Waals surface area contributed by atoms with Gasteiger partial charge in [0.1, 0.15) is 5.60 Å². The van der Waals surface area contributed by atoms with Crippen LogP contribution in [0.25, 0.3) is 0 Å². The van der Waals surface area contributed by atoms with E-state index in [4.69, 9.17) is 23.7 Å². The van der Waals surface area contributed by atoms with E-state index in [0.717, 1.165) is 62.4 Å². The number of methoxy groups -OCH3 is 4. The lowest BCUT2D eigenvalue weighted by atomic mass is 9.65. The van der Waals surface area contributed by atoms with Crippen LogP contribution in [0.1, 0.15) is 62.6 Å². The molecule has 0 bridgehead atoms. The highest BCUT2D eigenvalue weighted by atomic mass is 16.6. The Hall–Kier alpha value is -2.93. The van der Waals surface area contributed by atoms with Gasteiger partial charge in [0.05, 0.1) is 28.4 Å². The number of carbonyl (C=O) groups excluding carboxylic acids is 1. The highest BCUT2D eigenvalue weighted by Gasteiger charge is 2.47. The molecule has 0 saturated heterocycles. The number of ether oxygens (including phenoxy) is 5. The van der Waals surface area contributed by atoms with E-state index < -0.39 is 5.60 Å². The summed E-state index contributed by atoms with van der Waals surface area (Å²) in [7, 11) is 8.78. The van der Waals surface area contributed by atoms with E-state index in [1.54, 1.807) is 28.4 Å². The van der Waals surface area contributed by atoms with Crippen molar-refractivity contribution >= 4 is 5.97 Å². The van der Waals surface area contributed by atoms with Gasteiger partial charge in [0.2, 0.25) is 0 Å². The standard InChI is InChI=1S/C31H45NO6/c1-21(2)30-25-20-29(37-8)28(36-7)19-24(25)13-14-31(30,38-22(3)33)15-17-32(4)16-9-10-23-11-12-26(34-5)27(18-23)35-6/h11-12,18-21,30H,9-10,13-17H2,1-8H3/t30-,31-/m0/s1. The lowest BCUT2D eigenvalue weighted by molar-refractivity contribution is -0.164. The van der Waals surface area contributed by atoms with Crippen molar-refractivity contribution in [3.05, 3.63) is 47.0 Å². The minimum atomic E-state index is -0.565. The van der Waals surface area contributed by atoms with E-state index in [-0.39, 0.29) is 17.8 Å². The molecular formula is C31H45NO6. The summed E-state index contributed by atoms with van der Waals surface area (Å²) in [5.41, 5.74) is 3.10. The molecule has 7 nitrogen and oxygen atoms in total. The minimum Gasteiger partial charge on any atom is -0.493 e. The van der Waals surface area contributed by atoms with Crippen molar-refractivity contribution in [2.45, 2.75) is 64.4 Å². The molecule has 1 aliphatic rings. The molecule has 0 amide bonds. The van der Waals surface area contributed by atoms with Crippen LogP contribution in [0.5, 0.6) is 23.0 Å². The lowest BCUT2D eigenvalue weighted by Gasteiger charge is -2.47. The van der Waals surface area contributed by atoms with E-state index >= 15 is 0 Å². The maximum atomic E-state index is 12.4. The van der Waals surface area contributed by atoms with Gasteiger partial charge in [-0.1, -0.05) is 19.9 Å². The molecule has 0 radical (unpaired) electrons. The minimum absolute atomic E-state index is 0.0649. The summed E-state index contributed by atoms with van der Waals surface area (Å²) in [6.45, 7) is 7.72. The van der Waals surface area contributed by atoms with E-state index in [2.05, 4.69) is 44.0 Å². The molecule has 7 heteroatoms. The van der Waals surface area contributed by atoms with Gasteiger partial charge in [-0.3, -0.25) is 4.79 Å². The molecule has 3 rings (SSSR count). The molecule has 0 heterocycles. The van der Waals surface area contributed by atoms with Gasteiger partial charge in [-0.2, -0.15) is 0 Å². The summed E-state index contributed by atoms with van der Waals surface area (Å²) in [6.07, 6.45) is 4.35. The highest BCUT2D eigenvalue weighted by Crippen LogP contribution is 2.50. The zero-order valence-electron chi connectivity index (χ0n) is 24.4. The van der Waals surface area contributed by atoms with Gasteiger partial charge in [0.15, 0.2) is 23.0 Å². The summed E-state index contributed by atoms with van der Waals surface area (Å²) in [5.74, 6) is 3.07. The summed E-state index contributed by atoms with van der Waals surface area (Å²) in [4.78, 5) is 14.7. The fraction of sp³-hybridized carbons (Fsp3) is 0.581. The average Bonchev–Trinajstić information content (AvgIpc) is 2.90. The number of benzene rings is 2. The Balaban J connectivity index is 1.73. The van der Waals surface area contributed by atoms with Crippen LogP contribution in [0, 0.1) is 5.92 Å². The van der Waals surface area contributed by atoms with Crippen LogP contribution < -0.4 is 18.9 Å². The molecule has 38 heavy (non-hydrogen) atoms. The quantitative estimate of drug-likeness (QED) is 0.311. The van der Waals surface area contributed by atoms with Crippen molar-refractivity contribution in [3.63, 3.8) is 0 Å². The summed E-state index contributed by atoms with van der Waals surface area (Å²) in [5, 5.41) is 0. The van der Waals surface area contributed by atoms with Crippen molar-refractivity contribution in [3.8, 4) is 23.0 Å². The van der Waals surface area contributed by atoms with Crippen molar-refractivity contribution in [2.24, 2.45) is 5.92 Å². The lowest BCUT2D eigenvalue weighted by Crippen LogP contribution is -2.48. The maximum absolute atomic E-state index is 12.4. The van der Waals surface area contributed by atoms with Gasteiger partial charge in [0.25, 0.3) is 0 Å². The Kier molecular flexibility index (Phi) is 10.3. The molecule has 0 fully saturated rings. The molecule has 1 aliphatic carbocycles. The SMILES string of the molecule is COc1ccc(CCCN(C)CC[C@@]2(OC(C)=O)CCc3cc(OC)c(OC)cc3[C@@H]2C(C)C)cc1OC. The van der Waals surface area contributed by atoms with Gasteiger partial charge in [-0.15, -0.1) is 0 Å². The van der Waals surface area contributed by atoms with Crippen molar-refractivity contribution in [1.29, 1.82) is 0 Å². The number of fused-ring (bicyclic) bond motifs is 1. The van der Waals surface area contributed by atoms with Crippen molar-refractivity contribution in [1.82, 2.24) is 4.90 Å². The van der Waals surface area contributed by atoms with Gasteiger partial charge in [-0.25, -0.2) is 0 Å². The number of carbonyl (C=O) groups is 1. The molecule has 0 saturated carbocycles. The molecular weight excluding hydrogens is 482 g/mol.